The van der Waals surface area contributed by atoms with E-state index in [9.17, 15) is 35.1 Å². The fourth-order valence-corrected chi connectivity index (χ4v) is 9.61. The minimum absolute atomic E-state index is 0.119. The monoisotopic (exact) mass is 1070 g/mol. The van der Waals surface area contributed by atoms with Crippen LogP contribution in [-0.4, -0.2) is 99.6 Å². The number of aliphatic hydroxyl groups is 5. The number of nitrogens with one attached hydrogen (secondary N) is 1. The van der Waals surface area contributed by atoms with E-state index in [4.69, 9.17) is 14.2 Å². The second-order valence-corrected chi connectivity index (χ2v) is 21.8. The maximum absolute atomic E-state index is 13.4. The van der Waals surface area contributed by atoms with Crippen LogP contribution in [0.25, 0.3) is 0 Å². The third-order valence-electron chi connectivity index (χ3n) is 14.7. The number of esters is 1. The van der Waals surface area contributed by atoms with Crippen molar-refractivity contribution in [3.8, 4) is 0 Å². The standard InChI is InChI=1S/C65H117NO10/c1-4-7-10-13-16-19-22-25-27-28-29-30-31-32-33-35-38-41-44-47-50-53-60(70)76-63-62(72)61(71)59(54-67)75-65(63)74-55-56(57(68)51-48-45-42-39-36-24-21-18-15-12-9-6-3)66-64(73)58(69)52-49-46-43-40-37-34-26-23-20-17-14-11-8-5-2/h16-17,19-20,23,25-27,48,51,56-59,61-63,65,67-69,71-72H,4-15,18,21-22,24,28-47,49-50,52-55H2,1-3H3,(H,66,73)/b19-16-,20-17+,26-23+,27-25-,51-48+. The molecule has 11 nitrogen and oxygen atoms in total. The summed E-state index contributed by atoms with van der Waals surface area (Å²) in [5.74, 6) is -1.21. The van der Waals surface area contributed by atoms with E-state index in [-0.39, 0.29) is 19.4 Å². The van der Waals surface area contributed by atoms with E-state index in [0.29, 0.717) is 12.8 Å². The summed E-state index contributed by atoms with van der Waals surface area (Å²) < 4.78 is 17.6. The molecule has 0 aromatic carbocycles. The molecule has 6 N–H and O–H groups in total. The lowest BCUT2D eigenvalue weighted by molar-refractivity contribution is -0.305. The Hall–Kier alpha value is -2.64. The lowest BCUT2D eigenvalue weighted by Gasteiger charge is -2.41. The number of hydrogen-bond donors (Lipinski definition) is 6. The Balaban J connectivity index is 2.65. The molecule has 1 amide bonds. The Morgan fingerprint density at radius 3 is 1.45 bits per heavy atom. The van der Waals surface area contributed by atoms with Crippen molar-refractivity contribution < 1.29 is 49.3 Å². The Bertz CT molecular complexity index is 1460. The zero-order valence-corrected chi connectivity index (χ0v) is 48.9. The van der Waals surface area contributed by atoms with E-state index in [1.807, 2.05) is 6.08 Å². The van der Waals surface area contributed by atoms with Gasteiger partial charge in [0.05, 0.1) is 25.4 Å². The van der Waals surface area contributed by atoms with E-state index in [2.05, 4.69) is 74.7 Å². The Labute approximate surface area is 465 Å². The molecule has 0 aliphatic carbocycles. The van der Waals surface area contributed by atoms with Crippen LogP contribution in [-0.2, 0) is 23.8 Å². The molecular weight excluding hydrogens is 955 g/mol. The van der Waals surface area contributed by atoms with Gasteiger partial charge in [-0.15, -0.1) is 0 Å². The molecule has 1 aliphatic rings. The van der Waals surface area contributed by atoms with Crippen LogP contribution >= 0.6 is 0 Å². The van der Waals surface area contributed by atoms with E-state index in [1.54, 1.807) is 6.08 Å². The smallest absolute Gasteiger partial charge is 0.306 e. The average Bonchev–Trinajstić information content (AvgIpc) is 3.42. The minimum atomic E-state index is -1.62. The Morgan fingerprint density at radius 1 is 0.526 bits per heavy atom. The second-order valence-electron chi connectivity index (χ2n) is 21.8. The summed E-state index contributed by atoms with van der Waals surface area (Å²) in [5, 5.41) is 57.0. The van der Waals surface area contributed by atoms with E-state index in [1.165, 1.54) is 148 Å². The van der Waals surface area contributed by atoms with Gasteiger partial charge in [-0.2, -0.15) is 0 Å². The molecule has 76 heavy (non-hydrogen) atoms. The fraction of sp³-hybridized carbons (Fsp3) is 0.815. The fourth-order valence-electron chi connectivity index (χ4n) is 9.61. The summed E-state index contributed by atoms with van der Waals surface area (Å²) in [6.45, 7) is 5.73. The molecule has 11 heteroatoms. The van der Waals surface area contributed by atoms with Gasteiger partial charge in [0.2, 0.25) is 5.91 Å². The van der Waals surface area contributed by atoms with Crippen molar-refractivity contribution >= 4 is 11.9 Å². The van der Waals surface area contributed by atoms with Gasteiger partial charge in [0.25, 0.3) is 0 Å². The van der Waals surface area contributed by atoms with Crippen LogP contribution in [0.2, 0.25) is 0 Å². The molecule has 0 bridgehead atoms. The number of rotatable bonds is 53. The first-order valence-corrected chi connectivity index (χ1v) is 31.6. The zero-order chi connectivity index (χ0) is 55.4. The van der Waals surface area contributed by atoms with Crippen molar-refractivity contribution in [2.45, 2.75) is 327 Å². The minimum Gasteiger partial charge on any atom is -0.454 e. The molecule has 8 atom stereocenters. The van der Waals surface area contributed by atoms with E-state index < -0.39 is 67.4 Å². The first-order valence-electron chi connectivity index (χ1n) is 31.6. The number of ether oxygens (including phenoxy) is 3. The largest absolute Gasteiger partial charge is 0.454 e. The van der Waals surface area contributed by atoms with Gasteiger partial charge in [0.15, 0.2) is 12.4 Å². The molecule has 0 aromatic rings. The predicted molar refractivity (Wildman–Crippen MR) is 315 cm³/mol. The summed E-state index contributed by atoms with van der Waals surface area (Å²) in [5.41, 5.74) is 0. The third-order valence-corrected chi connectivity index (χ3v) is 14.7. The summed E-state index contributed by atoms with van der Waals surface area (Å²) in [4.78, 5) is 26.5. The van der Waals surface area contributed by atoms with Crippen molar-refractivity contribution in [2.75, 3.05) is 13.2 Å². The number of hydrogen-bond acceptors (Lipinski definition) is 10. The van der Waals surface area contributed by atoms with Crippen LogP contribution in [0.3, 0.4) is 0 Å². The van der Waals surface area contributed by atoms with Gasteiger partial charge in [-0.05, 0) is 83.5 Å². The van der Waals surface area contributed by atoms with E-state index >= 15 is 0 Å². The van der Waals surface area contributed by atoms with E-state index in [0.717, 1.165) is 83.5 Å². The van der Waals surface area contributed by atoms with Crippen molar-refractivity contribution in [1.29, 1.82) is 0 Å². The topological polar surface area (TPSA) is 175 Å². The third kappa shape index (κ3) is 40.5. The molecule has 1 fully saturated rings. The number of amides is 1. The molecule has 0 saturated carbocycles. The summed E-state index contributed by atoms with van der Waals surface area (Å²) in [6.07, 6.45) is 55.4. The van der Waals surface area contributed by atoms with Crippen molar-refractivity contribution in [3.63, 3.8) is 0 Å². The van der Waals surface area contributed by atoms with Crippen molar-refractivity contribution in [2.24, 2.45) is 0 Å². The van der Waals surface area contributed by atoms with Gasteiger partial charge >= 0.3 is 5.97 Å². The Kier molecular flexibility index (Phi) is 49.8. The quantitative estimate of drug-likeness (QED) is 0.0149. The second kappa shape index (κ2) is 53.0. The summed E-state index contributed by atoms with van der Waals surface area (Å²) >= 11 is 0. The van der Waals surface area contributed by atoms with Gasteiger partial charge in [0, 0.05) is 6.42 Å². The number of unbranched alkanes of at least 4 members (excludes halogenated alkanes) is 32. The molecule has 1 heterocycles. The highest BCUT2D eigenvalue weighted by Gasteiger charge is 2.47. The zero-order valence-electron chi connectivity index (χ0n) is 48.9. The number of aliphatic hydroxyl groups excluding tert-OH is 5. The van der Waals surface area contributed by atoms with Gasteiger partial charge in [0.1, 0.15) is 24.4 Å². The highest BCUT2D eigenvalue weighted by molar-refractivity contribution is 5.80. The number of allylic oxidation sites excluding steroid dienone is 9. The maximum Gasteiger partial charge on any atom is 0.306 e. The van der Waals surface area contributed by atoms with Crippen molar-refractivity contribution in [3.05, 3.63) is 60.8 Å². The van der Waals surface area contributed by atoms with Gasteiger partial charge in [-0.3, -0.25) is 9.59 Å². The predicted octanol–water partition coefficient (Wildman–Crippen LogP) is 15.0. The summed E-state index contributed by atoms with van der Waals surface area (Å²) in [7, 11) is 0. The van der Waals surface area contributed by atoms with Crippen LogP contribution in [0.1, 0.15) is 278 Å². The molecule has 1 saturated heterocycles. The van der Waals surface area contributed by atoms with Gasteiger partial charge < -0.3 is 45.1 Å². The molecule has 442 valence electrons. The normalized spacial score (nSPS) is 19.5. The van der Waals surface area contributed by atoms with Crippen LogP contribution in [0.15, 0.2) is 60.8 Å². The Morgan fingerprint density at radius 2 is 0.947 bits per heavy atom. The van der Waals surface area contributed by atoms with Crippen LogP contribution in [0, 0.1) is 0 Å². The molecule has 0 aromatic heterocycles. The summed E-state index contributed by atoms with van der Waals surface area (Å²) in [6, 6.07) is -1.03. The first kappa shape index (κ1) is 71.4. The number of carbonyl (C=O) groups excluding carboxylic acids is 2. The van der Waals surface area contributed by atoms with Crippen LogP contribution < -0.4 is 5.32 Å². The lowest BCUT2D eigenvalue weighted by Crippen LogP contribution is -2.61. The highest BCUT2D eigenvalue weighted by Crippen LogP contribution is 2.26. The van der Waals surface area contributed by atoms with Gasteiger partial charge in [-0.1, -0.05) is 248 Å². The van der Waals surface area contributed by atoms with Gasteiger partial charge in [-0.25, -0.2) is 0 Å². The lowest BCUT2D eigenvalue weighted by atomic mass is 9.99. The molecule has 1 aliphatic heterocycles. The average molecular weight is 1070 g/mol. The SMILES string of the molecule is CCCCC/C=C\C/C=C\CCCCCCCCCCCCCC(=O)OC1C(OCC(NC(=O)C(O)CCCCCCC/C=C/C=C/CCCCC)C(O)/C=C/CCCCCCCCCCCC)OC(CO)C(O)C1O. The molecular formula is C65H117NO10. The van der Waals surface area contributed by atoms with Crippen LogP contribution in [0.5, 0.6) is 0 Å². The number of carbonyl (C=O) groups is 2. The molecule has 0 spiro atoms. The molecule has 0 radical (unpaired) electrons. The molecule has 8 unspecified atom stereocenters. The highest BCUT2D eigenvalue weighted by atomic mass is 16.7. The first-order chi connectivity index (χ1) is 37.2. The van der Waals surface area contributed by atoms with Crippen LogP contribution in [0.4, 0.5) is 0 Å². The molecule has 1 rings (SSSR count). The maximum atomic E-state index is 13.4. The van der Waals surface area contributed by atoms with Crippen molar-refractivity contribution in [1.82, 2.24) is 5.32 Å².